The monoisotopic (exact) mass is 724 g/mol. The predicted molar refractivity (Wildman–Crippen MR) is 212 cm³/mol. The minimum Gasteiger partial charge on any atom is -0.387 e. The molecule has 0 aromatic carbocycles. The van der Waals surface area contributed by atoms with Crippen LogP contribution in [0.1, 0.15) is 142 Å². The van der Waals surface area contributed by atoms with Gasteiger partial charge in [-0.15, -0.1) is 0 Å². The van der Waals surface area contributed by atoms with E-state index in [2.05, 4.69) is 67.8 Å². The smallest absolute Gasteiger partial charge is 0.387 e. The lowest BCUT2D eigenvalue weighted by molar-refractivity contribution is -0.870. The largest absolute Gasteiger partial charge is 0.472 e. The lowest BCUT2D eigenvalue weighted by atomic mass is 10.1. The van der Waals surface area contributed by atoms with Crippen molar-refractivity contribution in [2.45, 2.75) is 154 Å². The number of allylic oxidation sites excluding steroid dienone is 9. The number of nitrogens with zero attached hydrogens (tertiary/aromatic N) is 1. The third-order valence-electron chi connectivity index (χ3n) is 8.17. The summed E-state index contributed by atoms with van der Waals surface area (Å²) < 4.78 is 23.4. The third-order valence-corrected chi connectivity index (χ3v) is 9.15. The summed E-state index contributed by atoms with van der Waals surface area (Å²) in [6.07, 6.45) is 41.5. The lowest BCUT2D eigenvalue weighted by Gasteiger charge is -2.25. The Morgan fingerprint density at radius 2 is 1.20 bits per heavy atom. The van der Waals surface area contributed by atoms with Gasteiger partial charge in [0.2, 0.25) is 5.91 Å². The van der Waals surface area contributed by atoms with Crippen LogP contribution in [-0.4, -0.2) is 73.4 Å². The topological polar surface area (TPSA) is 105 Å². The standard InChI is InChI=1S/C41H75N2O6P/c1-6-8-10-12-14-16-18-19-20-21-22-23-25-27-29-31-33-35-41(45)42-39(38-49-50(46,47)48-37-36-43(3,4)5)40(44)34-32-30-28-26-24-17-15-13-11-9-7-2/h11,13-14,16,19-20,24,26,32,34,39-40,44H,6-10,12,15,17-18,21-23,25,27-31,33,35-38H2,1-5H3,(H-,42,45,46,47)/p+1/b13-11+,16-14-,20-19-,26-24+,34-32+. The van der Waals surface area contributed by atoms with E-state index in [1.807, 2.05) is 27.2 Å². The first-order valence-corrected chi connectivity index (χ1v) is 21.2. The summed E-state index contributed by atoms with van der Waals surface area (Å²) >= 11 is 0. The van der Waals surface area contributed by atoms with Gasteiger partial charge in [0, 0.05) is 6.42 Å². The normalized spacial score (nSPS) is 15.3. The Bertz CT molecular complexity index is 1000. The fourth-order valence-electron chi connectivity index (χ4n) is 4.99. The molecule has 0 saturated carbocycles. The van der Waals surface area contributed by atoms with Crippen LogP contribution in [0.25, 0.3) is 0 Å². The number of hydrogen-bond donors (Lipinski definition) is 3. The Balaban J connectivity index is 4.54. The Morgan fingerprint density at radius 3 is 1.78 bits per heavy atom. The maximum absolute atomic E-state index is 12.8. The minimum absolute atomic E-state index is 0.0491. The van der Waals surface area contributed by atoms with Gasteiger partial charge < -0.3 is 19.8 Å². The number of phosphoric acid groups is 1. The molecule has 50 heavy (non-hydrogen) atoms. The number of carbonyl (C=O) groups is 1. The Kier molecular flexibility index (Phi) is 31.9. The van der Waals surface area contributed by atoms with Crippen LogP contribution in [0.4, 0.5) is 0 Å². The fraction of sp³-hybridized carbons (Fsp3) is 0.732. The molecule has 0 aliphatic heterocycles. The molecule has 0 spiro atoms. The van der Waals surface area contributed by atoms with Gasteiger partial charge in [0.15, 0.2) is 0 Å². The maximum atomic E-state index is 12.8. The van der Waals surface area contributed by atoms with Crippen LogP contribution in [0.3, 0.4) is 0 Å². The Hall–Kier alpha value is -1.80. The number of aliphatic hydroxyl groups is 1. The van der Waals surface area contributed by atoms with Crippen LogP contribution in [0.5, 0.6) is 0 Å². The molecule has 0 bridgehead atoms. The molecule has 8 nitrogen and oxygen atoms in total. The van der Waals surface area contributed by atoms with Gasteiger partial charge in [-0.3, -0.25) is 13.8 Å². The lowest BCUT2D eigenvalue weighted by Crippen LogP contribution is -2.45. The average Bonchev–Trinajstić information content (AvgIpc) is 3.06. The van der Waals surface area contributed by atoms with E-state index in [1.165, 1.54) is 51.4 Å². The van der Waals surface area contributed by atoms with E-state index in [0.29, 0.717) is 17.4 Å². The molecule has 0 rings (SSSR count). The summed E-state index contributed by atoms with van der Waals surface area (Å²) in [5, 5.41) is 13.7. The van der Waals surface area contributed by atoms with E-state index in [4.69, 9.17) is 9.05 Å². The van der Waals surface area contributed by atoms with Gasteiger partial charge in [0.05, 0.1) is 39.9 Å². The van der Waals surface area contributed by atoms with Gasteiger partial charge in [0.25, 0.3) is 0 Å². The second kappa shape index (κ2) is 33.1. The summed E-state index contributed by atoms with van der Waals surface area (Å²) in [4.78, 5) is 23.0. The minimum atomic E-state index is -4.34. The van der Waals surface area contributed by atoms with Crippen molar-refractivity contribution in [3.05, 3.63) is 60.8 Å². The second-order valence-corrected chi connectivity index (χ2v) is 15.7. The van der Waals surface area contributed by atoms with Crippen LogP contribution < -0.4 is 5.32 Å². The number of rotatable bonds is 34. The number of likely N-dealkylation sites (N-methyl/N-ethyl adjacent to an activating group) is 1. The first-order valence-electron chi connectivity index (χ1n) is 19.7. The highest BCUT2D eigenvalue weighted by Crippen LogP contribution is 2.43. The highest BCUT2D eigenvalue weighted by atomic mass is 31.2. The molecule has 0 saturated heterocycles. The van der Waals surface area contributed by atoms with Crippen molar-refractivity contribution >= 4 is 13.7 Å². The molecule has 9 heteroatoms. The number of hydrogen-bond acceptors (Lipinski definition) is 5. The summed E-state index contributed by atoms with van der Waals surface area (Å²) in [6.45, 7) is 4.64. The van der Waals surface area contributed by atoms with E-state index in [9.17, 15) is 19.4 Å². The number of nitrogens with one attached hydrogen (secondary N) is 1. The van der Waals surface area contributed by atoms with Crippen molar-refractivity contribution in [3.63, 3.8) is 0 Å². The summed E-state index contributed by atoms with van der Waals surface area (Å²) in [5.74, 6) is -0.205. The second-order valence-electron chi connectivity index (χ2n) is 14.3. The average molecular weight is 724 g/mol. The van der Waals surface area contributed by atoms with Crippen LogP contribution in [-0.2, 0) is 18.4 Å². The highest BCUT2D eigenvalue weighted by Gasteiger charge is 2.27. The van der Waals surface area contributed by atoms with Gasteiger partial charge in [-0.05, 0) is 70.6 Å². The molecule has 0 aromatic heterocycles. The number of phosphoric ester groups is 1. The van der Waals surface area contributed by atoms with Crippen LogP contribution in [0.15, 0.2) is 60.8 Å². The molecule has 0 radical (unpaired) electrons. The zero-order valence-corrected chi connectivity index (χ0v) is 33.5. The molecule has 0 aliphatic carbocycles. The predicted octanol–water partition coefficient (Wildman–Crippen LogP) is 10.3. The molecule has 0 heterocycles. The van der Waals surface area contributed by atoms with Gasteiger partial charge >= 0.3 is 7.82 Å². The van der Waals surface area contributed by atoms with Crippen molar-refractivity contribution in [1.82, 2.24) is 5.32 Å². The van der Waals surface area contributed by atoms with E-state index >= 15 is 0 Å². The number of carbonyl (C=O) groups excluding carboxylic acids is 1. The van der Waals surface area contributed by atoms with E-state index in [-0.39, 0.29) is 19.1 Å². The van der Waals surface area contributed by atoms with Crippen molar-refractivity contribution < 1.29 is 32.9 Å². The zero-order chi connectivity index (χ0) is 37.2. The molecule has 3 atom stereocenters. The first kappa shape index (κ1) is 48.2. The van der Waals surface area contributed by atoms with Crippen molar-refractivity contribution in [1.29, 1.82) is 0 Å². The molecule has 0 aliphatic rings. The molecule has 3 N–H and O–H groups in total. The number of unbranched alkanes of at least 4 members (excludes halogenated alkanes) is 13. The molecular formula is C41H76N2O6P+. The Labute approximate surface area is 307 Å². The quantitative estimate of drug-likeness (QED) is 0.0264. The number of quaternary nitrogens is 1. The molecule has 1 amide bonds. The molecule has 3 unspecified atom stereocenters. The molecule has 0 fully saturated rings. The van der Waals surface area contributed by atoms with Crippen molar-refractivity contribution in [2.24, 2.45) is 0 Å². The summed E-state index contributed by atoms with van der Waals surface area (Å²) in [5.41, 5.74) is 0. The first-order chi connectivity index (χ1) is 24.0. The summed E-state index contributed by atoms with van der Waals surface area (Å²) in [6, 6.07) is -0.873. The van der Waals surface area contributed by atoms with Gasteiger partial charge in [-0.2, -0.15) is 0 Å². The van der Waals surface area contributed by atoms with Gasteiger partial charge in [0.1, 0.15) is 13.2 Å². The Morgan fingerprint density at radius 1 is 0.680 bits per heavy atom. The van der Waals surface area contributed by atoms with Gasteiger partial charge in [-0.25, -0.2) is 4.57 Å². The fourth-order valence-corrected chi connectivity index (χ4v) is 5.73. The van der Waals surface area contributed by atoms with Crippen molar-refractivity contribution in [2.75, 3.05) is 40.9 Å². The van der Waals surface area contributed by atoms with E-state index < -0.39 is 20.0 Å². The molecular weight excluding hydrogens is 647 g/mol. The maximum Gasteiger partial charge on any atom is 0.472 e. The SMILES string of the molecule is CCC/C=C/CC/C=C/CC/C=C/C(O)C(COP(=O)(O)OCC[N+](C)(C)C)NC(=O)CCCCCCCCC/C=C\C/C=C\CCCCC. The highest BCUT2D eigenvalue weighted by molar-refractivity contribution is 7.47. The van der Waals surface area contributed by atoms with E-state index in [1.54, 1.807) is 6.08 Å². The van der Waals surface area contributed by atoms with Crippen LogP contribution in [0, 0.1) is 0 Å². The van der Waals surface area contributed by atoms with E-state index in [0.717, 1.165) is 70.6 Å². The zero-order valence-electron chi connectivity index (χ0n) is 32.6. The molecule has 0 aromatic rings. The van der Waals surface area contributed by atoms with Crippen LogP contribution >= 0.6 is 7.82 Å². The number of aliphatic hydroxyl groups excluding tert-OH is 1. The number of amides is 1. The molecule has 290 valence electrons. The summed E-state index contributed by atoms with van der Waals surface area (Å²) in [7, 11) is 1.53. The van der Waals surface area contributed by atoms with Crippen LogP contribution in [0.2, 0.25) is 0 Å². The third kappa shape index (κ3) is 34.6. The van der Waals surface area contributed by atoms with Crippen molar-refractivity contribution in [3.8, 4) is 0 Å². The van der Waals surface area contributed by atoms with Gasteiger partial charge in [-0.1, -0.05) is 126 Å².